The van der Waals surface area contributed by atoms with Crippen molar-refractivity contribution < 1.29 is 4.74 Å². The molecule has 0 aromatic rings. The Hall–Kier alpha value is -0.460. The monoisotopic (exact) mass is 324 g/mol. The number of allylic oxidation sites excluding steroid dienone is 1. The van der Waals surface area contributed by atoms with E-state index < -0.39 is 0 Å². The zero-order valence-electron chi connectivity index (χ0n) is 16.3. The van der Waals surface area contributed by atoms with Crippen LogP contribution in [0.1, 0.15) is 123 Å². The zero-order valence-corrected chi connectivity index (χ0v) is 16.3. The van der Waals surface area contributed by atoms with E-state index in [9.17, 15) is 0 Å². The van der Waals surface area contributed by atoms with Crippen LogP contribution < -0.4 is 0 Å². The predicted octanol–water partition coefficient (Wildman–Crippen LogP) is 8.19. The van der Waals surface area contributed by atoms with E-state index in [-0.39, 0.29) is 0 Å². The fourth-order valence-corrected chi connectivity index (χ4v) is 2.96. The molecule has 0 aliphatic heterocycles. The third kappa shape index (κ3) is 21.5. The van der Waals surface area contributed by atoms with Crippen molar-refractivity contribution in [3.8, 4) is 0 Å². The molecule has 138 valence electrons. The maximum Gasteiger partial charge on any atom is 0.0870 e. The number of unbranched alkanes of at least 4 members (excludes halogenated alkanes) is 15. The van der Waals surface area contributed by atoms with Crippen LogP contribution in [0.2, 0.25) is 0 Å². The Morgan fingerprint density at radius 1 is 0.522 bits per heavy atom. The first kappa shape index (κ1) is 22.5. The summed E-state index contributed by atoms with van der Waals surface area (Å²) in [6, 6.07) is 0. The molecule has 0 saturated heterocycles. The van der Waals surface area contributed by atoms with E-state index in [0.717, 1.165) is 13.0 Å². The summed E-state index contributed by atoms with van der Waals surface area (Å²) in [5, 5.41) is 0. The molecule has 1 nitrogen and oxygen atoms in total. The van der Waals surface area contributed by atoms with E-state index in [1.165, 1.54) is 103 Å². The van der Waals surface area contributed by atoms with E-state index in [1.54, 1.807) is 0 Å². The van der Waals surface area contributed by atoms with E-state index in [1.807, 2.05) is 6.26 Å². The van der Waals surface area contributed by atoms with Crippen molar-refractivity contribution in [2.24, 2.45) is 0 Å². The Bertz CT molecular complexity index is 222. The molecule has 0 radical (unpaired) electrons. The van der Waals surface area contributed by atoms with E-state index in [2.05, 4.69) is 19.9 Å². The van der Waals surface area contributed by atoms with E-state index in [0.29, 0.717) is 0 Å². The van der Waals surface area contributed by atoms with Gasteiger partial charge in [-0.15, -0.1) is 0 Å². The van der Waals surface area contributed by atoms with Crippen LogP contribution in [0.4, 0.5) is 0 Å². The second-order valence-corrected chi connectivity index (χ2v) is 6.98. The highest BCUT2D eigenvalue weighted by Gasteiger charge is 1.94. The average Bonchev–Trinajstić information content (AvgIpc) is 2.57. The molecule has 0 aliphatic carbocycles. The molecule has 0 atom stereocenters. The molecule has 0 N–H and O–H groups in total. The van der Waals surface area contributed by atoms with Crippen molar-refractivity contribution in [3.63, 3.8) is 0 Å². The molecule has 0 bridgehead atoms. The molecular weight excluding hydrogens is 280 g/mol. The summed E-state index contributed by atoms with van der Waals surface area (Å²) >= 11 is 0. The number of hydrogen-bond acceptors (Lipinski definition) is 1. The summed E-state index contributed by atoms with van der Waals surface area (Å²) in [7, 11) is 0. The molecule has 0 amide bonds. The summed E-state index contributed by atoms with van der Waals surface area (Å²) in [6.45, 7) is 5.29. The largest absolute Gasteiger partial charge is 0.502 e. The van der Waals surface area contributed by atoms with Crippen LogP contribution in [0.25, 0.3) is 0 Å². The second kappa shape index (κ2) is 21.5. The van der Waals surface area contributed by atoms with Crippen LogP contribution in [-0.4, -0.2) is 6.61 Å². The van der Waals surface area contributed by atoms with Gasteiger partial charge in [-0.3, -0.25) is 0 Å². The Labute approximate surface area is 147 Å². The molecular formula is C22H44O. The highest BCUT2D eigenvalue weighted by Crippen LogP contribution is 2.13. The van der Waals surface area contributed by atoms with Gasteiger partial charge >= 0.3 is 0 Å². The number of ether oxygens (including phenoxy) is 1. The molecule has 23 heavy (non-hydrogen) atoms. The van der Waals surface area contributed by atoms with E-state index in [4.69, 9.17) is 4.74 Å². The Morgan fingerprint density at radius 2 is 0.957 bits per heavy atom. The van der Waals surface area contributed by atoms with Gasteiger partial charge in [-0.05, 0) is 25.3 Å². The van der Waals surface area contributed by atoms with Crippen LogP contribution in [0.3, 0.4) is 0 Å². The predicted molar refractivity (Wildman–Crippen MR) is 105 cm³/mol. The molecule has 0 aromatic carbocycles. The first-order valence-corrected chi connectivity index (χ1v) is 10.7. The maximum atomic E-state index is 5.33. The van der Waals surface area contributed by atoms with Crippen molar-refractivity contribution in [1.29, 1.82) is 0 Å². The third-order valence-electron chi connectivity index (χ3n) is 4.49. The SMILES string of the molecule is CCCCCCCCCCCCCCCCCC=COCCC. The molecule has 0 saturated carbocycles. The van der Waals surface area contributed by atoms with Crippen molar-refractivity contribution in [1.82, 2.24) is 0 Å². The van der Waals surface area contributed by atoms with Gasteiger partial charge in [0.15, 0.2) is 0 Å². The number of rotatable bonds is 19. The third-order valence-corrected chi connectivity index (χ3v) is 4.49. The highest BCUT2D eigenvalue weighted by molar-refractivity contribution is 4.73. The first-order chi connectivity index (χ1) is 11.4. The standard InChI is InChI=1S/C22H44O/c1-3-5-6-7-8-9-10-11-12-13-14-15-16-17-18-19-20-22-23-21-4-2/h20,22H,3-19,21H2,1-2H3. The van der Waals surface area contributed by atoms with Gasteiger partial charge in [0.25, 0.3) is 0 Å². The molecule has 0 fully saturated rings. The average molecular weight is 325 g/mol. The summed E-state index contributed by atoms with van der Waals surface area (Å²) in [5.41, 5.74) is 0. The molecule has 0 heterocycles. The van der Waals surface area contributed by atoms with Gasteiger partial charge in [0.2, 0.25) is 0 Å². The normalized spacial score (nSPS) is 11.4. The van der Waals surface area contributed by atoms with Crippen molar-refractivity contribution in [2.75, 3.05) is 6.61 Å². The van der Waals surface area contributed by atoms with Gasteiger partial charge in [-0.25, -0.2) is 0 Å². The van der Waals surface area contributed by atoms with Crippen molar-refractivity contribution >= 4 is 0 Å². The van der Waals surface area contributed by atoms with Crippen LogP contribution in [0, 0.1) is 0 Å². The lowest BCUT2D eigenvalue weighted by Gasteiger charge is -2.03. The van der Waals surface area contributed by atoms with Gasteiger partial charge in [-0.2, -0.15) is 0 Å². The van der Waals surface area contributed by atoms with E-state index >= 15 is 0 Å². The van der Waals surface area contributed by atoms with Gasteiger partial charge in [0.1, 0.15) is 0 Å². The molecule has 1 heteroatoms. The first-order valence-electron chi connectivity index (χ1n) is 10.7. The smallest absolute Gasteiger partial charge is 0.0870 e. The van der Waals surface area contributed by atoms with Crippen molar-refractivity contribution in [3.05, 3.63) is 12.3 Å². The Kier molecular flexibility index (Phi) is 21.1. The minimum Gasteiger partial charge on any atom is -0.502 e. The number of hydrogen-bond donors (Lipinski definition) is 0. The summed E-state index contributed by atoms with van der Waals surface area (Å²) in [5.74, 6) is 0. The zero-order chi connectivity index (χ0) is 16.8. The minimum absolute atomic E-state index is 0.857. The Morgan fingerprint density at radius 3 is 1.39 bits per heavy atom. The fourth-order valence-electron chi connectivity index (χ4n) is 2.96. The van der Waals surface area contributed by atoms with Crippen LogP contribution in [0.15, 0.2) is 12.3 Å². The lowest BCUT2D eigenvalue weighted by molar-refractivity contribution is 0.248. The highest BCUT2D eigenvalue weighted by atomic mass is 16.5. The Balaban J connectivity index is 2.98. The van der Waals surface area contributed by atoms with Crippen LogP contribution >= 0.6 is 0 Å². The van der Waals surface area contributed by atoms with Gasteiger partial charge in [0, 0.05) is 0 Å². The van der Waals surface area contributed by atoms with Gasteiger partial charge in [0.05, 0.1) is 12.9 Å². The topological polar surface area (TPSA) is 9.23 Å². The molecule has 0 rings (SSSR count). The minimum atomic E-state index is 0.857. The van der Waals surface area contributed by atoms with Gasteiger partial charge in [-0.1, -0.05) is 104 Å². The summed E-state index contributed by atoms with van der Waals surface area (Å²) in [4.78, 5) is 0. The molecule has 0 aliphatic rings. The molecule has 0 aromatic heterocycles. The second-order valence-electron chi connectivity index (χ2n) is 6.98. The lowest BCUT2D eigenvalue weighted by atomic mass is 10.0. The van der Waals surface area contributed by atoms with Crippen LogP contribution in [0.5, 0.6) is 0 Å². The quantitative estimate of drug-likeness (QED) is 0.172. The fraction of sp³-hybridized carbons (Fsp3) is 0.909. The van der Waals surface area contributed by atoms with Gasteiger partial charge < -0.3 is 4.74 Å². The molecule has 0 unspecified atom stereocenters. The lowest BCUT2D eigenvalue weighted by Crippen LogP contribution is -1.84. The van der Waals surface area contributed by atoms with Crippen LogP contribution in [-0.2, 0) is 4.74 Å². The summed E-state index contributed by atoms with van der Waals surface area (Å²) in [6.07, 6.45) is 27.9. The maximum absolute atomic E-state index is 5.33. The molecule has 0 spiro atoms. The summed E-state index contributed by atoms with van der Waals surface area (Å²) < 4.78 is 5.33. The van der Waals surface area contributed by atoms with Crippen molar-refractivity contribution in [2.45, 2.75) is 123 Å².